The van der Waals surface area contributed by atoms with Gasteiger partial charge in [-0.1, -0.05) is 17.3 Å². The first kappa shape index (κ1) is 13.2. The predicted octanol–water partition coefficient (Wildman–Crippen LogP) is 4.01. The third-order valence-electron chi connectivity index (χ3n) is 3.00. The lowest BCUT2D eigenvalue weighted by Gasteiger charge is -2.04. The highest BCUT2D eigenvalue weighted by Crippen LogP contribution is 2.37. The van der Waals surface area contributed by atoms with E-state index in [1.54, 1.807) is 6.07 Å². The van der Waals surface area contributed by atoms with Gasteiger partial charge in [0.25, 0.3) is 0 Å². The highest BCUT2D eigenvalue weighted by molar-refractivity contribution is 5.86. The molecule has 0 unspecified atom stereocenters. The average Bonchev–Trinajstić information content (AvgIpc) is 2.83. The van der Waals surface area contributed by atoms with E-state index in [2.05, 4.69) is 5.16 Å². The van der Waals surface area contributed by atoms with Crippen LogP contribution in [0.3, 0.4) is 0 Å². The van der Waals surface area contributed by atoms with Gasteiger partial charge in [-0.25, -0.2) is 13.2 Å². The van der Waals surface area contributed by atoms with E-state index in [0.29, 0.717) is 5.56 Å². The molecule has 2 N–H and O–H groups in total. The second-order valence-corrected chi connectivity index (χ2v) is 4.41. The van der Waals surface area contributed by atoms with Gasteiger partial charge in [0.2, 0.25) is 0 Å². The minimum atomic E-state index is -0.690. The maximum absolute atomic E-state index is 13.9. The third-order valence-corrected chi connectivity index (χ3v) is 3.00. The largest absolute Gasteiger partial charge is 0.380 e. The summed E-state index contributed by atoms with van der Waals surface area (Å²) in [5, 5.41) is 3.56. The maximum Gasteiger partial charge on any atom is 0.179 e. The smallest absolute Gasteiger partial charge is 0.179 e. The van der Waals surface area contributed by atoms with Gasteiger partial charge in [-0.05, 0) is 35.9 Å². The van der Waals surface area contributed by atoms with Crippen LogP contribution in [0.1, 0.15) is 0 Å². The summed E-state index contributed by atoms with van der Waals surface area (Å²) in [5.74, 6) is -1.88. The van der Waals surface area contributed by atoms with Crippen molar-refractivity contribution in [1.29, 1.82) is 0 Å². The molecule has 21 heavy (non-hydrogen) atoms. The Morgan fingerprint density at radius 2 is 1.71 bits per heavy atom. The normalized spacial score (nSPS) is 10.8. The maximum atomic E-state index is 13.9. The van der Waals surface area contributed by atoms with Crippen LogP contribution in [-0.4, -0.2) is 5.16 Å². The zero-order valence-corrected chi connectivity index (χ0v) is 10.6. The molecule has 0 atom stereocenters. The molecular formula is C15H9F3N2O. The van der Waals surface area contributed by atoms with E-state index >= 15 is 0 Å². The Balaban J connectivity index is 2.24. The van der Waals surface area contributed by atoms with E-state index < -0.39 is 17.5 Å². The third kappa shape index (κ3) is 2.35. The predicted molar refractivity (Wildman–Crippen MR) is 71.7 cm³/mol. The molecule has 0 aliphatic rings. The Morgan fingerprint density at radius 1 is 0.952 bits per heavy atom. The van der Waals surface area contributed by atoms with Gasteiger partial charge in [-0.2, -0.15) is 0 Å². The van der Waals surface area contributed by atoms with Gasteiger partial charge in [0.05, 0.1) is 11.1 Å². The molecule has 0 aliphatic heterocycles. The minimum absolute atomic E-state index is 0.0285. The van der Waals surface area contributed by atoms with E-state index in [1.807, 2.05) is 0 Å². The lowest BCUT2D eigenvalue weighted by Crippen LogP contribution is -1.91. The zero-order chi connectivity index (χ0) is 15.0. The molecule has 0 fully saturated rings. The van der Waals surface area contributed by atoms with E-state index in [1.165, 1.54) is 18.2 Å². The Kier molecular flexibility index (Phi) is 3.13. The number of nitrogens with zero attached hydrogens (tertiary/aromatic N) is 1. The standard InChI is InChI=1S/C15H9F3N2O/c16-9-3-1-2-8(6-9)13-14(21-20-15(13)19)11-7-10(17)4-5-12(11)18/h1-7H,(H2,19,20). The second-order valence-electron chi connectivity index (χ2n) is 4.41. The molecule has 0 aliphatic carbocycles. The first-order valence-corrected chi connectivity index (χ1v) is 6.03. The van der Waals surface area contributed by atoms with Crippen molar-refractivity contribution >= 4 is 5.82 Å². The summed E-state index contributed by atoms with van der Waals surface area (Å²) in [4.78, 5) is 0. The molecule has 0 spiro atoms. The van der Waals surface area contributed by atoms with Crippen molar-refractivity contribution in [1.82, 2.24) is 5.16 Å². The van der Waals surface area contributed by atoms with E-state index in [9.17, 15) is 13.2 Å². The Labute approximate surface area is 117 Å². The number of halogens is 3. The van der Waals surface area contributed by atoms with Crippen LogP contribution in [0.25, 0.3) is 22.5 Å². The zero-order valence-electron chi connectivity index (χ0n) is 10.6. The second kappa shape index (κ2) is 4.97. The molecular weight excluding hydrogens is 281 g/mol. The Bertz CT molecular complexity index is 814. The fraction of sp³-hybridized carbons (Fsp3) is 0. The van der Waals surface area contributed by atoms with Crippen LogP contribution in [-0.2, 0) is 0 Å². The van der Waals surface area contributed by atoms with Gasteiger partial charge >= 0.3 is 0 Å². The first-order chi connectivity index (χ1) is 10.1. The Hall–Kier alpha value is -2.76. The highest BCUT2D eigenvalue weighted by Gasteiger charge is 2.21. The minimum Gasteiger partial charge on any atom is -0.380 e. The quantitative estimate of drug-likeness (QED) is 0.776. The van der Waals surface area contributed by atoms with Crippen molar-refractivity contribution in [3.8, 4) is 22.5 Å². The molecule has 0 amide bonds. The summed E-state index contributed by atoms with van der Waals surface area (Å²) >= 11 is 0. The first-order valence-electron chi connectivity index (χ1n) is 6.03. The van der Waals surface area contributed by atoms with Crippen molar-refractivity contribution in [2.24, 2.45) is 0 Å². The van der Waals surface area contributed by atoms with Crippen LogP contribution in [0.5, 0.6) is 0 Å². The SMILES string of the molecule is Nc1noc(-c2cc(F)ccc2F)c1-c1cccc(F)c1. The number of nitrogen functional groups attached to an aromatic ring is 1. The number of hydrogen-bond acceptors (Lipinski definition) is 3. The average molecular weight is 290 g/mol. The molecule has 0 saturated carbocycles. The van der Waals surface area contributed by atoms with Gasteiger partial charge in [0.1, 0.15) is 17.5 Å². The van der Waals surface area contributed by atoms with Crippen molar-refractivity contribution in [2.45, 2.75) is 0 Å². The van der Waals surface area contributed by atoms with Crippen LogP contribution in [0.2, 0.25) is 0 Å². The highest BCUT2D eigenvalue weighted by atomic mass is 19.1. The molecule has 3 aromatic rings. The number of hydrogen-bond donors (Lipinski definition) is 1. The molecule has 3 rings (SSSR count). The van der Waals surface area contributed by atoms with Gasteiger partial charge in [0.15, 0.2) is 11.6 Å². The number of nitrogens with two attached hydrogens (primary N) is 1. The van der Waals surface area contributed by atoms with Gasteiger partial charge in [-0.3, -0.25) is 0 Å². The molecule has 3 nitrogen and oxygen atoms in total. The van der Waals surface area contributed by atoms with Gasteiger partial charge in [0, 0.05) is 0 Å². The van der Waals surface area contributed by atoms with Crippen molar-refractivity contribution in [3.05, 3.63) is 59.9 Å². The number of aromatic nitrogens is 1. The summed E-state index contributed by atoms with van der Waals surface area (Å²) in [6.45, 7) is 0. The van der Waals surface area contributed by atoms with E-state index in [0.717, 1.165) is 18.2 Å². The van der Waals surface area contributed by atoms with Crippen LogP contribution < -0.4 is 5.73 Å². The van der Waals surface area contributed by atoms with Gasteiger partial charge < -0.3 is 10.3 Å². The molecule has 1 aromatic heterocycles. The van der Waals surface area contributed by atoms with Crippen LogP contribution in [0.4, 0.5) is 19.0 Å². The summed E-state index contributed by atoms with van der Waals surface area (Å²) in [6, 6.07) is 8.45. The summed E-state index contributed by atoms with van der Waals surface area (Å²) in [6.07, 6.45) is 0. The lowest BCUT2D eigenvalue weighted by molar-refractivity contribution is 0.433. The monoisotopic (exact) mass is 290 g/mol. The lowest BCUT2D eigenvalue weighted by atomic mass is 10.0. The number of anilines is 1. The van der Waals surface area contributed by atoms with Crippen molar-refractivity contribution in [3.63, 3.8) is 0 Å². The molecule has 0 saturated heterocycles. The van der Waals surface area contributed by atoms with Crippen molar-refractivity contribution in [2.75, 3.05) is 5.73 Å². The Morgan fingerprint density at radius 3 is 2.48 bits per heavy atom. The topological polar surface area (TPSA) is 52.0 Å². The van der Waals surface area contributed by atoms with Crippen molar-refractivity contribution < 1.29 is 17.7 Å². The fourth-order valence-corrected chi connectivity index (χ4v) is 2.08. The summed E-state index contributed by atoms with van der Waals surface area (Å²) in [5.41, 5.74) is 6.17. The van der Waals surface area contributed by atoms with Crippen LogP contribution >= 0.6 is 0 Å². The van der Waals surface area contributed by atoms with E-state index in [-0.39, 0.29) is 22.7 Å². The van der Waals surface area contributed by atoms with Gasteiger partial charge in [-0.15, -0.1) is 0 Å². The summed E-state index contributed by atoms with van der Waals surface area (Å²) < 4.78 is 45.5. The number of benzene rings is 2. The molecule has 106 valence electrons. The molecule has 2 aromatic carbocycles. The number of rotatable bonds is 2. The van der Waals surface area contributed by atoms with Crippen LogP contribution in [0.15, 0.2) is 47.0 Å². The summed E-state index contributed by atoms with van der Waals surface area (Å²) in [7, 11) is 0. The van der Waals surface area contributed by atoms with E-state index in [4.69, 9.17) is 10.3 Å². The van der Waals surface area contributed by atoms with Crippen LogP contribution in [0, 0.1) is 17.5 Å². The molecule has 6 heteroatoms. The molecule has 0 bridgehead atoms. The molecule has 0 radical (unpaired) electrons. The fourth-order valence-electron chi connectivity index (χ4n) is 2.08. The molecule has 1 heterocycles.